The molecule has 8 bridgehead atoms. The molecule has 0 saturated carbocycles. The number of aromatic amines is 2. The molecule has 2 N–H and O–H groups in total. The third-order valence-corrected chi connectivity index (χ3v) is 12.0. The molecule has 7 heteroatoms. The van der Waals surface area contributed by atoms with Gasteiger partial charge in [-0.1, -0.05) is 121 Å². The number of hydrogen-bond donors (Lipinski definition) is 2. The van der Waals surface area contributed by atoms with Crippen LogP contribution in [0.5, 0.6) is 0 Å². The number of halogens is 3. The maximum atomic E-state index is 5.40. The molecule has 2 aliphatic heterocycles. The molecule has 0 spiro atoms. The summed E-state index contributed by atoms with van der Waals surface area (Å²) in [5, 5.41) is 0. The first kappa shape index (κ1) is 31.9. The predicted octanol–water partition coefficient (Wildman–Crippen LogP) is 13.6. The van der Waals surface area contributed by atoms with Crippen LogP contribution in [0.15, 0.2) is 141 Å². The van der Waals surface area contributed by atoms with Crippen LogP contribution in [0, 0.1) is 0 Å². The largest absolute Gasteiger partial charge is 0.353 e. The van der Waals surface area contributed by atoms with Crippen LogP contribution in [-0.2, 0) is 0 Å². The average Bonchev–Trinajstić information content (AvgIpc) is 3.98. The molecule has 0 fully saturated rings. The molecule has 51 heavy (non-hydrogen) atoms. The number of nitrogens with zero attached hydrogens (tertiary/aromatic N) is 2. The van der Waals surface area contributed by atoms with Crippen molar-refractivity contribution in [3.63, 3.8) is 0 Å². The Morgan fingerprint density at radius 3 is 1.10 bits per heavy atom. The lowest BCUT2D eigenvalue weighted by molar-refractivity contribution is 1.31. The van der Waals surface area contributed by atoms with Gasteiger partial charge in [-0.3, -0.25) is 0 Å². The normalized spacial score (nSPS) is 12.1. The third kappa shape index (κ3) is 5.66. The zero-order valence-electron chi connectivity index (χ0n) is 27.0. The summed E-state index contributed by atoms with van der Waals surface area (Å²) in [6.45, 7) is 0. The van der Waals surface area contributed by atoms with E-state index in [4.69, 9.17) is 9.97 Å². The molecule has 5 heterocycles. The minimum absolute atomic E-state index is 0.854. The van der Waals surface area contributed by atoms with Crippen molar-refractivity contribution < 1.29 is 0 Å². The van der Waals surface area contributed by atoms with Crippen LogP contribution < -0.4 is 0 Å². The van der Waals surface area contributed by atoms with Crippen molar-refractivity contribution in [1.82, 2.24) is 19.9 Å². The first-order valence-electron chi connectivity index (χ1n) is 16.5. The Balaban J connectivity index is 1.54. The number of fused-ring (bicyclic) bond motifs is 8. The van der Waals surface area contributed by atoms with Gasteiger partial charge in [0.05, 0.1) is 48.3 Å². The van der Waals surface area contributed by atoms with Gasteiger partial charge in [0.2, 0.25) is 0 Å². The van der Waals surface area contributed by atoms with Crippen LogP contribution in [0.25, 0.3) is 90.9 Å². The van der Waals surface area contributed by atoms with Crippen LogP contribution in [0.3, 0.4) is 0 Å². The zero-order chi connectivity index (χ0) is 34.5. The van der Waals surface area contributed by atoms with Gasteiger partial charge in [0.25, 0.3) is 0 Å². The van der Waals surface area contributed by atoms with Crippen molar-refractivity contribution in [1.29, 1.82) is 0 Å². The van der Waals surface area contributed by atoms with E-state index in [0.29, 0.717) is 0 Å². The van der Waals surface area contributed by atoms with Gasteiger partial charge in [-0.15, -0.1) is 0 Å². The van der Waals surface area contributed by atoms with Gasteiger partial charge in [-0.05, 0) is 100 Å². The van der Waals surface area contributed by atoms with E-state index in [1.807, 2.05) is 24.3 Å². The highest BCUT2D eigenvalue weighted by Gasteiger charge is 2.22. The number of nitrogens with one attached hydrogen (secondary N) is 2. The summed E-state index contributed by atoms with van der Waals surface area (Å²) < 4.78 is 2.76. The standard InChI is InChI=1S/C44H27Br3N4/c45-30-25-35-36(26-13-5-1-6-14-26)31-21-22-33(48-31)38(28-17-9-3-10-18-28)43-40(46)41(47)44(51-43)39(29-19-11-4-12-20-29)34-24-23-32(49-34)37(42(30)50-35)27-15-7-2-8-16-27/h1-25,50-51H. The Labute approximate surface area is 320 Å². The Kier molecular flexibility index (Phi) is 8.27. The predicted molar refractivity (Wildman–Crippen MR) is 224 cm³/mol. The van der Waals surface area contributed by atoms with Crippen molar-refractivity contribution >= 4 is 94.2 Å². The molecule has 3 aromatic heterocycles. The Morgan fingerprint density at radius 2 is 0.706 bits per heavy atom. The summed E-state index contributed by atoms with van der Waals surface area (Å²) >= 11 is 12.0. The van der Waals surface area contributed by atoms with E-state index in [9.17, 15) is 0 Å². The SMILES string of the molecule is Brc1cc2[nH]c1c(-c1ccccc1)c1nc(c(-c3ccccc3)c3[nH]c(c(Br)c3Br)c(-c3ccccc3)c3nc(c2-c2ccccc2)C=C3)C=C1. The molecule has 0 amide bonds. The van der Waals surface area contributed by atoms with Gasteiger partial charge in [0.1, 0.15) is 0 Å². The molecular formula is C44H27Br3N4. The van der Waals surface area contributed by atoms with E-state index in [2.05, 4.69) is 185 Å². The van der Waals surface area contributed by atoms with E-state index in [1.54, 1.807) is 0 Å². The summed E-state index contributed by atoms with van der Waals surface area (Å²) in [6, 6.07) is 43.9. The van der Waals surface area contributed by atoms with E-state index >= 15 is 0 Å². The van der Waals surface area contributed by atoms with Crippen LogP contribution in [-0.4, -0.2) is 19.9 Å². The highest BCUT2D eigenvalue weighted by atomic mass is 79.9. The molecule has 4 nitrogen and oxygen atoms in total. The summed E-state index contributed by atoms with van der Waals surface area (Å²) in [6.07, 6.45) is 8.47. The molecular weight excluding hydrogens is 824 g/mol. The van der Waals surface area contributed by atoms with Crippen molar-refractivity contribution in [3.05, 3.63) is 164 Å². The minimum atomic E-state index is 0.854. The quantitative estimate of drug-likeness (QED) is 0.185. The average molecular weight is 851 g/mol. The van der Waals surface area contributed by atoms with E-state index in [1.165, 1.54) is 0 Å². The number of H-pyrrole nitrogens is 2. The van der Waals surface area contributed by atoms with E-state index < -0.39 is 0 Å². The summed E-state index contributed by atoms with van der Waals surface area (Å²) in [7, 11) is 0. The van der Waals surface area contributed by atoms with Crippen LogP contribution >= 0.6 is 47.8 Å². The van der Waals surface area contributed by atoms with Crippen molar-refractivity contribution in [3.8, 4) is 44.5 Å². The fourth-order valence-corrected chi connectivity index (χ4v) is 8.47. The summed E-state index contributed by atoms with van der Waals surface area (Å²) in [5.74, 6) is 0. The lowest BCUT2D eigenvalue weighted by atomic mass is 10.0. The van der Waals surface area contributed by atoms with Crippen LogP contribution in [0.2, 0.25) is 0 Å². The van der Waals surface area contributed by atoms with Crippen molar-refractivity contribution in [2.45, 2.75) is 0 Å². The smallest absolute Gasteiger partial charge is 0.0737 e. The van der Waals surface area contributed by atoms with Gasteiger partial charge < -0.3 is 9.97 Å². The second-order valence-electron chi connectivity index (χ2n) is 12.3. The molecule has 0 radical (unpaired) electrons. The fourth-order valence-electron chi connectivity index (χ4n) is 6.95. The second-order valence-corrected chi connectivity index (χ2v) is 14.7. The van der Waals surface area contributed by atoms with Crippen LogP contribution in [0.1, 0.15) is 22.8 Å². The molecule has 0 unspecified atom stereocenters. The van der Waals surface area contributed by atoms with Crippen molar-refractivity contribution in [2.24, 2.45) is 0 Å². The number of rotatable bonds is 4. The Hall–Kier alpha value is -5.08. The first-order valence-corrected chi connectivity index (χ1v) is 18.9. The van der Waals surface area contributed by atoms with Gasteiger partial charge >= 0.3 is 0 Å². The Morgan fingerprint density at radius 1 is 0.373 bits per heavy atom. The monoisotopic (exact) mass is 848 g/mol. The van der Waals surface area contributed by atoms with Crippen molar-refractivity contribution in [2.75, 3.05) is 0 Å². The van der Waals surface area contributed by atoms with E-state index in [-0.39, 0.29) is 0 Å². The molecule has 0 aliphatic carbocycles. The van der Waals surface area contributed by atoms with Gasteiger partial charge in [-0.2, -0.15) is 0 Å². The summed E-state index contributed by atoms with van der Waals surface area (Å²) in [5.41, 5.74) is 15.3. The molecule has 244 valence electrons. The van der Waals surface area contributed by atoms with Gasteiger partial charge in [-0.25, -0.2) is 9.97 Å². The third-order valence-electron chi connectivity index (χ3n) is 9.22. The maximum Gasteiger partial charge on any atom is 0.0737 e. The number of hydrogen-bond acceptors (Lipinski definition) is 2. The highest BCUT2D eigenvalue weighted by molar-refractivity contribution is 9.13. The van der Waals surface area contributed by atoms with Crippen LogP contribution in [0.4, 0.5) is 0 Å². The van der Waals surface area contributed by atoms with E-state index in [0.717, 1.165) is 103 Å². The lowest BCUT2D eigenvalue weighted by Gasteiger charge is -2.07. The zero-order valence-corrected chi connectivity index (χ0v) is 31.7. The van der Waals surface area contributed by atoms with Gasteiger partial charge in [0.15, 0.2) is 0 Å². The molecule has 0 saturated heterocycles. The minimum Gasteiger partial charge on any atom is -0.353 e. The number of benzene rings is 4. The maximum absolute atomic E-state index is 5.40. The summed E-state index contributed by atoms with van der Waals surface area (Å²) in [4.78, 5) is 18.5. The topological polar surface area (TPSA) is 57.4 Å². The Bertz CT molecular complexity index is 2700. The lowest BCUT2D eigenvalue weighted by Crippen LogP contribution is -1.89. The molecule has 2 aliphatic rings. The number of aromatic nitrogens is 4. The highest BCUT2D eigenvalue weighted by Crippen LogP contribution is 2.44. The molecule has 9 rings (SSSR count). The molecule has 7 aromatic rings. The fraction of sp³-hybridized carbons (Fsp3) is 0. The van der Waals surface area contributed by atoms with Gasteiger partial charge in [0, 0.05) is 32.2 Å². The second kappa shape index (κ2) is 13.2. The first-order chi connectivity index (χ1) is 25.0. The molecule has 0 atom stereocenters. The molecule has 4 aromatic carbocycles.